The molecule has 66 heavy (non-hydrogen) atoms. The third-order valence-electron chi connectivity index (χ3n) is 13.4. The minimum Gasteiger partial charge on any atom is -0.496 e. The zero-order chi connectivity index (χ0) is 45.6. The van der Waals surface area contributed by atoms with Crippen LogP contribution in [-0.2, 0) is 22.6 Å². The number of carbonyl (C=O) groups is 4. The molecule has 4 aliphatic heterocycles. The van der Waals surface area contributed by atoms with Crippen LogP contribution in [0.25, 0.3) is 28.0 Å². The number of piperidine rings is 1. The molecule has 0 radical (unpaired) electrons. The van der Waals surface area contributed by atoms with E-state index in [1.165, 1.54) is 37.7 Å². The van der Waals surface area contributed by atoms with Gasteiger partial charge in [0.15, 0.2) is 11.4 Å². The average Bonchev–Trinajstić information content (AvgIpc) is 4.04. The molecule has 0 bridgehead atoms. The minimum absolute atomic E-state index is 0.163. The molecule has 15 nitrogen and oxygen atoms in total. The van der Waals surface area contributed by atoms with Gasteiger partial charge in [-0.3, -0.25) is 29.4 Å². The van der Waals surface area contributed by atoms with Gasteiger partial charge in [0.05, 0.1) is 29.4 Å². The summed E-state index contributed by atoms with van der Waals surface area (Å²) in [6.07, 6.45) is 3.46. The first-order valence-corrected chi connectivity index (χ1v) is 22.3. The number of rotatable bonds is 12. The number of amides is 3. The first-order valence-electron chi connectivity index (χ1n) is 22.3. The number of benzene rings is 4. The van der Waals surface area contributed by atoms with Gasteiger partial charge in [0.25, 0.3) is 5.91 Å². The number of hydrogen-bond acceptors (Lipinski definition) is 12. The van der Waals surface area contributed by atoms with Gasteiger partial charge in [-0.2, -0.15) is 5.10 Å². The summed E-state index contributed by atoms with van der Waals surface area (Å²) in [6.45, 7) is 6.17. The van der Waals surface area contributed by atoms with Crippen LogP contribution < -0.4 is 25.6 Å². The molecule has 2 aromatic heterocycles. The van der Waals surface area contributed by atoms with Gasteiger partial charge in [-0.25, -0.2) is 23.4 Å². The summed E-state index contributed by atoms with van der Waals surface area (Å²) in [4.78, 5) is 67.5. The molecule has 3 saturated heterocycles. The largest absolute Gasteiger partial charge is 0.496 e. The smallest absolute Gasteiger partial charge is 0.255 e. The highest BCUT2D eigenvalue weighted by molar-refractivity contribution is 6.05. The number of aryl methyl sites for hydroxylation is 1. The lowest BCUT2D eigenvalue weighted by molar-refractivity contribution is -0.136. The van der Waals surface area contributed by atoms with Gasteiger partial charge in [-0.15, -0.1) is 0 Å². The van der Waals surface area contributed by atoms with Crippen LogP contribution in [0.15, 0.2) is 85.2 Å². The molecule has 1 unspecified atom stereocenters. The molecular formula is C49H48F2N10O5. The molecule has 3 N–H and O–H groups in total. The van der Waals surface area contributed by atoms with Crippen LogP contribution in [-0.4, -0.2) is 112 Å². The second kappa shape index (κ2) is 17.6. The number of imide groups is 1. The molecule has 0 saturated carbocycles. The number of aromatic nitrogens is 4. The van der Waals surface area contributed by atoms with Crippen molar-refractivity contribution in [1.29, 1.82) is 0 Å². The molecule has 0 spiro atoms. The van der Waals surface area contributed by atoms with E-state index in [1.807, 2.05) is 42.5 Å². The van der Waals surface area contributed by atoms with Gasteiger partial charge in [-0.1, -0.05) is 24.3 Å². The van der Waals surface area contributed by atoms with Gasteiger partial charge in [0.2, 0.25) is 11.8 Å². The fourth-order valence-electron chi connectivity index (χ4n) is 9.87. The van der Waals surface area contributed by atoms with E-state index >= 15 is 4.39 Å². The van der Waals surface area contributed by atoms with Crippen LogP contribution in [0, 0.1) is 17.6 Å². The molecule has 10 rings (SSSR count). The van der Waals surface area contributed by atoms with Crippen LogP contribution in [0.2, 0.25) is 0 Å². The first kappa shape index (κ1) is 42.7. The second-order valence-corrected chi connectivity index (χ2v) is 17.4. The molecule has 6 heterocycles. The van der Waals surface area contributed by atoms with Crippen molar-refractivity contribution in [1.82, 2.24) is 34.9 Å². The molecule has 2 atom stereocenters. The molecule has 4 aromatic carbocycles. The third-order valence-corrected chi connectivity index (χ3v) is 13.4. The Hall–Kier alpha value is -7.27. The highest BCUT2D eigenvalue weighted by Crippen LogP contribution is 2.35. The molecule has 3 fully saturated rings. The van der Waals surface area contributed by atoms with Gasteiger partial charge >= 0.3 is 0 Å². The van der Waals surface area contributed by atoms with Crippen molar-refractivity contribution in [3.05, 3.63) is 119 Å². The molecule has 17 heteroatoms. The monoisotopic (exact) mass is 894 g/mol. The molecule has 6 aromatic rings. The van der Waals surface area contributed by atoms with E-state index in [2.05, 4.69) is 36.1 Å². The number of nitrogens with two attached hydrogens (primary N) is 1. The van der Waals surface area contributed by atoms with Crippen molar-refractivity contribution in [2.75, 3.05) is 68.5 Å². The molecular weight excluding hydrogens is 847 g/mol. The standard InChI is InChI=1S/C49H48F2N10O5/c1-66-42-14-7-33(50)23-37(42)41(62)13-4-29-2-5-31(6-3-29)45-44-46(52)53-28-54-47(44)61(56-45)35-9-11-39(38(51)24-35)59-17-16-30(26-59)25-57-18-20-58(21-19-57)34-8-10-36-32(22-34)27-60(49(36)65)40-12-15-43(63)55-48(40)64/h2-3,5-11,14,22-24,28,30,40H,4,12-13,15-21,25-27H2,1H3,(H2,52,53,54)(H,55,63,64)/t30?,40-/m0/s1. The average molecular weight is 895 g/mol. The maximum atomic E-state index is 16.1. The number of ether oxygens (including phenoxy) is 1. The molecule has 3 amide bonds. The summed E-state index contributed by atoms with van der Waals surface area (Å²) in [6, 6.07) is 21.8. The van der Waals surface area contributed by atoms with Crippen molar-refractivity contribution < 1.29 is 32.7 Å². The minimum atomic E-state index is -0.636. The highest BCUT2D eigenvalue weighted by atomic mass is 19.1. The third kappa shape index (κ3) is 8.18. The number of hydrogen-bond donors (Lipinski definition) is 2. The zero-order valence-corrected chi connectivity index (χ0v) is 36.4. The van der Waals surface area contributed by atoms with Gasteiger partial charge in [0, 0.05) is 88.1 Å². The topological polar surface area (TPSA) is 172 Å². The normalized spacial score (nSPS) is 18.9. The van der Waals surface area contributed by atoms with Crippen LogP contribution in [0.5, 0.6) is 5.75 Å². The van der Waals surface area contributed by atoms with E-state index in [0.29, 0.717) is 64.7 Å². The summed E-state index contributed by atoms with van der Waals surface area (Å²) in [5.41, 5.74) is 12.8. The Morgan fingerprint density at radius 1 is 0.879 bits per heavy atom. The highest BCUT2D eigenvalue weighted by Gasteiger charge is 2.39. The lowest BCUT2D eigenvalue weighted by Gasteiger charge is -2.37. The Kier molecular flexibility index (Phi) is 11.4. The van der Waals surface area contributed by atoms with Gasteiger partial charge < -0.3 is 25.2 Å². The number of piperazine rings is 1. The number of halogens is 2. The Labute approximate surface area is 379 Å². The van der Waals surface area contributed by atoms with Crippen LogP contribution in [0.1, 0.15) is 57.5 Å². The number of Topliss-reactive ketones (excluding diaryl/α,β-unsaturated/α-hetero) is 1. The molecule has 4 aliphatic rings. The maximum absolute atomic E-state index is 16.1. The summed E-state index contributed by atoms with van der Waals surface area (Å²) in [7, 11) is 1.45. The van der Waals surface area contributed by atoms with Crippen molar-refractivity contribution in [2.45, 2.75) is 44.7 Å². The van der Waals surface area contributed by atoms with E-state index < -0.39 is 17.8 Å². The fraction of sp³-hybridized carbons (Fsp3) is 0.327. The van der Waals surface area contributed by atoms with E-state index in [1.54, 1.807) is 15.6 Å². The SMILES string of the molecule is COc1ccc(F)cc1C(=O)CCc1ccc(-c2nn(-c3ccc(N4CCC(CN5CCN(c6ccc7c(c6)CN([C@H]6CCC(=O)NC6=O)C7=O)CC5)C4)c(F)c3)c3ncnc(N)c23)cc1. The number of anilines is 3. The fourth-order valence-corrected chi connectivity index (χ4v) is 9.87. The lowest BCUT2D eigenvalue weighted by atomic mass is 10.00. The Bertz CT molecular complexity index is 2900. The molecule has 338 valence electrons. The van der Waals surface area contributed by atoms with E-state index in [0.717, 1.165) is 74.6 Å². The number of fused-ring (bicyclic) bond motifs is 2. The Morgan fingerprint density at radius 3 is 2.45 bits per heavy atom. The van der Waals surface area contributed by atoms with Crippen molar-refractivity contribution >= 4 is 51.7 Å². The predicted molar refractivity (Wildman–Crippen MR) is 244 cm³/mol. The maximum Gasteiger partial charge on any atom is 0.255 e. The van der Waals surface area contributed by atoms with Crippen LogP contribution in [0.4, 0.5) is 26.0 Å². The van der Waals surface area contributed by atoms with Crippen molar-refractivity contribution in [3.8, 4) is 22.7 Å². The number of nitrogens with one attached hydrogen (secondary N) is 1. The van der Waals surface area contributed by atoms with E-state index in [9.17, 15) is 23.6 Å². The van der Waals surface area contributed by atoms with Crippen LogP contribution in [0.3, 0.4) is 0 Å². The summed E-state index contributed by atoms with van der Waals surface area (Å²) >= 11 is 0. The van der Waals surface area contributed by atoms with E-state index in [-0.39, 0.29) is 47.6 Å². The first-order chi connectivity index (χ1) is 32.0. The second-order valence-electron chi connectivity index (χ2n) is 17.4. The predicted octanol–water partition coefficient (Wildman–Crippen LogP) is 5.58. The number of ketones is 1. The van der Waals surface area contributed by atoms with Gasteiger partial charge in [0.1, 0.15) is 41.3 Å². The summed E-state index contributed by atoms with van der Waals surface area (Å²) < 4.78 is 36.9. The van der Waals surface area contributed by atoms with Crippen molar-refractivity contribution in [3.63, 3.8) is 0 Å². The summed E-state index contributed by atoms with van der Waals surface area (Å²) in [5, 5.41) is 7.78. The summed E-state index contributed by atoms with van der Waals surface area (Å²) in [5.74, 6) is -1.03. The van der Waals surface area contributed by atoms with E-state index in [4.69, 9.17) is 15.6 Å². The number of nitrogen functional groups attached to an aromatic ring is 1. The van der Waals surface area contributed by atoms with Crippen molar-refractivity contribution in [2.24, 2.45) is 5.92 Å². The quantitative estimate of drug-likeness (QED) is 0.116. The lowest BCUT2D eigenvalue weighted by Crippen LogP contribution is -2.52. The molecule has 0 aliphatic carbocycles. The Morgan fingerprint density at radius 2 is 1.68 bits per heavy atom. The van der Waals surface area contributed by atoms with Gasteiger partial charge in [-0.05, 0) is 84.8 Å². The van der Waals surface area contributed by atoms with Crippen LogP contribution >= 0.6 is 0 Å². The Balaban J connectivity index is 0.758. The number of methoxy groups -OCH3 is 1. The number of carbonyl (C=O) groups excluding carboxylic acids is 4. The zero-order valence-electron chi connectivity index (χ0n) is 36.4. The number of nitrogens with zero attached hydrogens (tertiary/aromatic N) is 8.